The Labute approximate surface area is 124 Å². The standard InChI is InChI=1S/C13H15BrN6/c14-13-10(3-5-15)18-12-2-1-11(19-20(12)13)17-8-9-4-6-16-7-9/h1-2,4,6-7,16H,3,5,8,15H2,(H,17,19). The maximum absolute atomic E-state index is 5.58. The third-order valence-corrected chi connectivity index (χ3v) is 3.80. The first-order chi connectivity index (χ1) is 9.78. The zero-order valence-electron chi connectivity index (χ0n) is 10.8. The Kier molecular flexibility index (Phi) is 3.70. The number of nitrogens with zero attached hydrogens (tertiary/aromatic N) is 3. The lowest BCUT2D eigenvalue weighted by Crippen LogP contribution is -2.04. The molecular formula is C13H15BrN6. The van der Waals surface area contributed by atoms with Gasteiger partial charge in [-0.15, -0.1) is 5.10 Å². The molecule has 0 spiro atoms. The van der Waals surface area contributed by atoms with Gasteiger partial charge in [-0.1, -0.05) is 0 Å². The van der Waals surface area contributed by atoms with Crippen molar-refractivity contribution in [3.63, 3.8) is 0 Å². The van der Waals surface area contributed by atoms with E-state index in [1.54, 1.807) is 4.52 Å². The van der Waals surface area contributed by atoms with Crippen LogP contribution in [0.15, 0.2) is 35.2 Å². The minimum atomic E-state index is 0.571. The molecule has 0 amide bonds. The molecule has 0 saturated carbocycles. The van der Waals surface area contributed by atoms with Gasteiger partial charge in [0.1, 0.15) is 10.4 Å². The molecule has 3 aromatic rings. The number of imidazole rings is 1. The van der Waals surface area contributed by atoms with Crippen LogP contribution >= 0.6 is 15.9 Å². The van der Waals surface area contributed by atoms with Crippen molar-refractivity contribution >= 4 is 27.4 Å². The van der Waals surface area contributed by atoms with Crippen LogP contribution in [-0.4, -0.2) is 26.1 Å². The van der Waals surface area contributed by atoms with Gasteiger partial charge in [0.2, 0.25) is 0 Å². The summed E-state index contributed by atoms with van der Waals surface area (Å²) < 4.78 is 2.65. The number of rotatable bonds is 5. The molecule has 0 aliphatic rings. The zero-order valence-corrected chi connectivity index (χ0v) is 12.4. The number of H-pyrrole nitrogens is 1. The number of anilines is 1. The molecule has 4 N–H and O–H groups in total. The number of hydrogen-bond donors (Lipinski definition) is 3. The second kappa shape index (κ2) is 5.64. The van der Waals surface area contributed by atoms with Gasteiger partial charge in [0.25, 0.3) is 0 Å². The number of fused-ring (bicyclic) bond motifs is 1. The molecule has 0 fully saturated rings. The monoisotopic (exact) mass is 334 g/mol. The lowest BCUT2D eigenvalue weighted by atomic mass is 10.3. The molecule has 0 aliphatic carbocycles. The summed E-state index contributed by atoms with van der Waals surface area (Å²) in [6.07, 6.45) is 4.59. The van der Waals surface area contributed by atoms with E-state index in [2.05, 4.69) is 36.3 Å². The van der Waals surface area contributed by atoms with Gasteiger partial charge in [-0.3, -0.25) is 0 Å². The molecular weight excluding hydrogens is 320 g/mol. The second-order valence-electron chi connectivity index (χ2n) is 4.45. The third kappa shape index (κ3) is 2.54. The quantitative estimate of drug-likeness (QED) is 0.665. The predicted octanol–water partition coefficient (Wildman–Crippen LogP) is 1.93. The highest BCUT2D eigenvalue weighted by molar-refractivity contribution is 9.10. The molecule has 20 heavy (non-hydrogen) atoms. The Morgan fingerprint density at radius 2 is 2.25 bits per heavy atom. The summed E-state index contributed by atoms with van der Waals surface area (Å²) in [7, 11) is 0. The molecule has 3 rings (SSSR count). The number of nitrogens with one attached hydrogen (secondary N) is 2. The van der Waals surface area contributed by atoms with Crippen molar-refractivity contribution in [1.82, 2.24) is 19.6 Å². The van der Waals surface area contributed by atoms with Crippen molar-refractivity contribution in [2.45, 2.75) is 13.0 Å². The van der Waals surface area contributed by atoms with E-state index in [0.29, 0.717) is 6.54 Å². The third-order valence-electron chi connectivity index (χ3n) is 3.01. The summed E-state index contributed by atoms with van der Waals surface area (Å²) in [5.74, 6) is 0.802. The van der Waals surface area contributed by atoms with Crippen molar-refractivity contribution < 1.29 is 0 Å². The highest BCUT2D eigenvalue weighted by atomic mass is 79.9. The van der Waals surface area contributed by atoms with Crippen LogP contribution in [-0.2, 0) is 13.0 Å². The number of aromatic amines is 1. The molecule has 0 saturated heterocycles. The lowest BCUT2D eigenvalue weighted by molar-refractivity contribution is 0.887. The van der Waals surface area contributed by atoms with Crippen molar-refractivity contribution in [3.8, 4) is 0 Å². The van der Waals surface area contributed by atoms with Crippen LogP contribution in [0, 0.1) is 0 Å². The summed E-state index contributed by atoms with van der Waals surface area (Å²) in [5.41, 5.74) is 8.50. The zero-order chi connectivity index (χ0) is 13.9. The molecule has 3 heterocycles. The Bertz CT molecular complexity index is 703. The van der Waals surface area contributed by atoms with Gasteiger partial charge in [-0.25, -0.2) is 9.50 Å². The van der Waals surface area contributed by atoms with E-state index in [-0.39, 0.29) is 0 Å². The Balaban J connectivity index is 1.84. The molecule has 7 heteroatoms. The van der Waals surface area contributed by atoms with Crippen LogP contribution < -0.4 is 11.1 Å². The fraction of sp³-hybridized carbons (Fsp3) is 0.231. The average Bonchev–Trinajstić information content (AvgIpc) is 3.07. The molecule has 0 atom stereocenters. The van der Waals surface area contributed by atoms with Crippen LogP contribution in [0.3, 0.4) is 0 Å². The van der Waals surface area contributed by atoms with Gasteiger partial charge in [0, 0.05) is 25.4 Å². The first-order valence-electron chi connectivity index (χ1n) is 6.37. The van der Waals surface area contributed by atoms with Crippen LogP contribution in [0.2, 0.25) is 0 Å². The van der Waals surface area contributed by atoms with Gasteiger partial charge in [-0.05, 0) is 46.2 Å². The van der Waals surface area contributed by atoms with Gasteiger partial charge in [0.15, 0.2) is 5.65 Å². The van der Waals surface area contributed by atoms with Crippen molar-refractivity contribution in [1.29, 1.82) is 0 Å². The lowest BCUT2D eigenvalue weighted by Gasteiger charge is -2.04. The summed E-state index contributed by atoms with van der Waals surface area (Å²) in [6, 6.07) is 5.89. The van der Waals surface area contributed by atoms with Crippen molar-refractivity contribution in [2.75, 3.05) is 11.9 Å². The molecule has 0 radical (unpaired) electrons. The topological polar surface area (TPSA) is 84.0 Å². The van der Waals surface area contributed by atoms with Gasteiger partial charge in [0.05, 0.1) is 5.69 Å². The highest BCUT2D eigenvalue weighted by Gasteiger charge is 2.10. The summed E-state index contributed by atoms with van der Waals surface area (Å²) >= 11 is 3.53. The minimum absolute atomic E-state index is 0.571. The van der Waals surface area contributed by atoms with Crippen LogP contribution in [0.5, 0.6) is 0 Å². The van der Waals surface area contributed by atoms with E-state index in [0.717, 1.165) is 34.7 Å². The Morgan fingerprint density at radius 1 is 1.35 bits per heavy atom. The van der Waals surface area contributed by atoms with E-state index in [1.165, 1.54) is 5.56 Å². The fourth-order valence-electron chi connectivity index (χ4n) is 2.00. The molecule has 3 aromatic heterocycles. The normalized spacial score (nSPS) is 11.1. The van der Waals surface area contributed by atoms with Crippen LogP contribution in [0.25, 0.3) is 5.65 Å². The van der Waals surface area contributed by atoms with E-state index in [9.17, 15) is 0 Å². The van der Waals surface area contributed by atoms with Crippen LogP contribution in [0.1, 0.15) is 11.3 Å². The molecule has 0 unspecified atom stereocenters. The van der Waals surface area contributed by atoms with Gasteiger partial charge < -0.3 is 16.0 Å². The first-order valence-corrected chi connectivity index (χ1v) is 7.17. The number of hydrogen-bond acceptors (Lipinski definition) is 4. The molecule has 104 valence electrons. The predicted molar refractivity (Wildman–Crippen MR) is 81.6 cm³/mol. The van der Waals surface area contributed by atoms with Crippen LogP contribution in [0.4, 0.5) is 5.82 Å². The Hall–Kier alpha value is -1.86. The van der Waals surface area contributed by atoms with Crippen molar-refractivity contribution in [3.05, 3.63) is 46.5 Å². The summed E-state index contributed by atoms with van der Waals surface area (Å²) in [5, 5.41) is 7.80. The number of nitrogens with two attached hydrogens (primary N) is 1. The minimum Gasteiger partial charge on any atom is -0.367 e. The molecule has 6 nitrogen and oxygen atoms in total. The van der Waals surface area contributed by atoms with E-state index >= 15 is 0 Å². The van der Waals surface area contributed by atoms with Crippen molar-refractivity contribution in [2.24, 2.45) is 5.73 Å². The average molecular weight is 335 g/mol. The number of halogens is 1. The van der Waals surface area contributed by atoms with E-state index < -0.39 is 0 Å². The summed E-state index contributed by atoms with van der Waals surface area (Å²) in [4.78, 5) is 7.52. The van der Waals surface area contributed by atoms with E-state index in [4.69, 9.17) is 5.73 Å². The van der Waals surface area contributed by atoms with E-state index in [1.807, 2.05) is 30.6 Å². The summed E-state index contributed by atoms with van der Waals surface area (Å²) in [6.45, 7) is 1.30. The first kappa shape index (κ1) is 13.1. The molecule has 0 aliphatic heterocycles. The molecule has 0 aromatic carbocycles. The SMILES string of the molecule is NCCc1nc2ccc(NCc3cc[nH]c3)nn2c1Br. The Morgan fingerprint density at radius 3 is 3.00 bits per heavy atom. The smallest absolute Gasteiger partial charge is 0.155 e. The largest absolute Gasteiger partial charge is 0.367 e. The molecule has 0 bridgehead atoms. The maximum Gasteiger partial charge on any atom is 0.155 e. The van der Waals surface area contributed by atoms with Gasteiger partial charge in [-0.2, -0.15) is 0 Å². The number of aromatic nitrogens is 4. The second-order valence-corrected chi connectivity index (χ2v) is 5.20. The van der Waals surface area contributed by atoms with Gasteiger partial charge >= 0.3 is 0 Å². The maximum atomic E-state index is 5.58. The highest BCUT2D eigenvalue weighted by Crippen LogP contribution is 2.19. The fourth-order valence-corrected chi connectivity index (χ4v) is 2.55.